The topological polar surface area (TPSA) is 29.5 Å². The fourth-order valence-corrected chi connectivity index (χ4v) is 2.29. The van der Waals surface area contributed by atoms with Crippen molar-refractivity contribution in [3.63, 3.8) is 0 Å². The smallest absolute Gasteiger partial charge is 0.227 e. The Morgan fingerprint density at radius 1 is 1.26 bits per heavy atom. The second kappa shape index (κ2) is 8.33. The highest BCUT2D eigenvalue weighted by atomic mass is 79.9. The fourth-order valence-electron chi connectivity index (χ4n) is 1.86. The van der Waals surface area contributed by atoms with Gasteiger partial charge < -0.3 is 9.64 Å². The van der Waals surface area contributed by atoms with Gasteiger partial charge in [0.2, 0.25) is 5.91 Å². The van der Waals surface area contributed by atoms with Crippen LogP contribution in [0.4, 0.5) is 0 Å². The van der Waals surface area contributed by atoms with E-state index in [0.29, 0.717) is 26.1 Å². The number of aryl methyl sites for hydroxylation is 2. The maximum atomic E-state index is 12.3. The van der Waals surface area contributed by atoms with Gasteiger partial charge in [0.25, 0.3) is 0 Å². The van der Waals surface area contributed by atoms with Gasteiger partial charge in [-0.05, 0) is 30.5 Å². The Hall–Kier alpha value is -0.870. The molecule has 1 amide bonds. The molecule has 0 unspecified atom stereocenters. The van der Waals surface area contributed by atoms with Gasteiger partial charge in [-0.1, -0.05) is 34.1 Å². The first-order chi connectivity index (χ1) is 9.08. The average Bonchev–Trinajstić information content (AvgIpc) is 2.38. The summed E-state index contributed by atoms with van der Waals surface area (Å²) >= 11 is 3.38. The minimum absolute atomic E-state index is 0.153. The van der Waals surface area contributed by atoms with E-state index in [0.717, 1.165) is 10.9 Å². The molecular formula is C15H22BrNO2. The molecule has 0 spiro atoms. The van der Waals surface area contributed by atoms with Crippen LogP contribution in [0.1, 0.15) is 16.7 Å². The fraction of sp³-hybridized carbons (Fsp3) is 0.533. The van der Waals surface area contributed by atoms with Crippen LogP contribution in [0.15, 0.2) is 18.2 Å². The van der Waals surface area contributed by atoms with E-state index in [9.17, 15) is 4.79 Å². The molecule has 0 N–H and O–H groups in total. The van der Waals surface area contributed by atoms with Gasteiger partial charge in [-0.25, -0.2) is 0 Å². The van der Waals surface area contributed by atoms with Crippen molar-refractivity contribution in [2.45, 2.75) is 20.3 Å². The van der Waals surface area contributed by atoms with Crippen LogP contribution in [0.2, 0.25) is 0 Å². The molecule has 0 heterocycles. The lowest BCUT2D eigenvalue weighted by atomic mass is 10.0. The number of hydrogen-bond acceptors (Lipinski definition) is 2. The van der Waals surface area contributed by atoms with Crippen LogP contribution in [-0.4, -0.2) is 42.9 Å². The molecule has 0 fully saturated rings. The number of amides is 1. The summed E-state index contributed by atoms with van der Waals surface area (Å²) in [5.74, 6) is 0.153. The number of methoxy groups -OCH3 is 1. The molecule has 0 saturated carbocycles. The highest BCUT2D eigenvalue weighted by Crippen LogP contribution is 2.11. The zero-order valence-corrected chi connectivity index (χ0v) is 13.5. The first-order valence-corrected chi connectivity index (χ1v) is 7.59. The van der Waals surface area contributed by atoms with Crippen LogP contribution in [-0.2, 0) is 16.0 Å². The highest BCUT2D eigenvalue weighted by Gasteiger charge is 2.13. The predicted molar refractivity (Wildman–Crippen MR) is 81.9 cm³/mol. The molecule has 1 rings (SSSR count). The minimum Gasteiger partial charge on any atom is -0.383 e. The number of rotatable bonds is 7. The number of nitrogens with zero attached hydrogens (tertiary/aromatic N) is 1. The van der Waals surface area contributed by atoms with E-state index in [4.69, 9.17) is 4.74 Å². The van der Waals surface area contributed by atoms with Crippen LogP contribution in [0.3, 0.4) is 0 Å². The number of benzene rings is 1. The van der Waals surface area contributed by atoms with Gasteiger partial charge in [0.15, 0.2) is 0 Å². The third-order valence-corrected chi connectivity index (χ3v) is 3.55. The molecule has 0 radical (unpaired) electrons. The second-order valence-electron chi connectivity index (χ2n) is 4.66. The van der Waals surface area contributed by atoms with Crippen molar-refractivity contribution in [3.8, 4) is 0 Å². The van der Waals surface area contributed by atoms with E-state index in [1.54, 1.807) is 7.11 Å². The summed E-state index contributed by atoms with van der Waals surface area (Å²) in [4.78, 5) is 14.1. The molecule has 0 atom stereocenters. The normalized spacial score (nSPS) is 10.5. The van der Waals surface area contributed by atoms with Gasteiger partial charge in [-0.3, -0.25) is 4.79 Å². The van der Waals surface area contributed by atoms with Gasteiger partial charge in [-0.15, -0.1) is 0 Å². The standard InChI is InChI=1S/C15H22BrNO2/c1-12-4-5-14(10-13(12)2)11-15(18)17(7-6-16)8-9-19-3/h4-5,10H,6-9,11H2,1-3H3. The molecule has 0 saturated heterocycles. The first kappa shape index (κ1) is 16.2. The Kier molecular flexibility index (Phi) is 7.10. The monoisotopic (exact) mass is 327 g/mol. The van der Waals surface area contributed by atoms with Gasteiger partial charge >= 0.3 is 0 Å². The molecular weight excluding hydrogens is 306 g/mol. The quantitative estimate of drug-likeness (QED) is 0.721. The van der Waals surface area contributed by atoms with Gasteiger partial charge in [0.05, 0.1) is 13.0 Å². The molecule has 1 aromatic carbocycles. The molecule has 19 heavy (non-hydrogen) atoms. The molecule has 1 aromatic rings. The third kappa shape index (κ3) is 5.33. The van der Waals surface area contributed by atoms with E-state index in [2.05, 4.69) is 41.9 Å². The molecule has 0 aliphatic rings. The maximum absolute atomic E-state index is 12.3. The van der Waals surface area contributed by atoms with Gasteiger partial charge in [-0.2, -0.15) is 0 Å². The van der Waals surface area contributed by atoms with Crippen molar-refractivity contribution in [3.05, 3.63) is 34.9 Å². The predicted octanol–water partition coefficient (Wildman–Crippen LogP) is 2.72. The number of carbonyl (C=O) groups excluding carboxylic acids is 1. The first-order valence-electron chi connectivity index (χ1n) is 6.47. The SMILES string of the molecule is COCCN(CCBr)C(=O)Cc1ccc(C)c(C)c1. The highest BCUT2D eigenvalue weighted by molar-refractivity contribution is 9.09. The van der Waals surface area contributed by atoms with E-state index >= 15 is 0 Å². The lowest BCUT2D eigenvalue weighted by Gasteiger charge is -2.21. The number of hydrogen-bond donors (Lipinski definition) is 0. The van der Waals surface area contributed by atoms with Crippen molar-refractivity contribution in [2.24, 2.45) is 0 Å². The summed E-state index contributed by atoms with van der Waals surface area (Å²) in [5.41, 5.74) is 3.56. The molecule has 3 nitrogen and oxygen atoms in total. The summed E-state index contributed by atoms with van der Waals surface area (Å²) in [6.07, 6.45) is 0.456. The van der Waals surface area contributed by atoms with Crippen molar-refractivity contribution in [1.29, 1.82) is 0 Å². The molecule has 0 aromatic heterocycles. The van der Waals surface area contributed by atoms with Crippen molar-refractivity contribution < 1.29 is 9.53 Å². The average molecular weight is 328 g/mol. The van der Waals surface area contributed by atoms with Crippen LogP contribution in [0.5, 0.6) is 0 Å². The Morgan fingerprint density at radius 2 is 2.00 bits per heavy atom. The number of halogens is 1. The summed E-state index contributed by atoms with van der Waals surface area (Å²) < 4.78 is 5.04. The van der Waals surface area contributed by atoms with Gasteiger partial charge in [0.1, 0.15) is 0 Å². The van der Waals surface area contributed by atoms with Crippen LogP contribution < -0.4 is 0 Å². The van der Waals surface area contributed by atoms with Crippen molar-refractivity contribution in [2.75, 3.05) is 32.1 Å². The van der Waals surface area contributed by atoms with Crippen LogP contribution >= 0.6 is 15.9 Å². The van der Waals surface area contributed by atoms with Crippen molar-refractivity contribution >= 4 is 21.8 Å². The summed E-state index contributed by atoms with van der Waals surface area (Å²) in [5, 5.41) is 0.787. The third-order valence-electron chi connectivity index (χ3n) is 3.20. The van der Waals surface area contributed by atoms with Crippen LogP contribution in [0.25, 0.3) is 0 Å². The minimum atomic E-state index is 0.153. The summed E-state index contributed by atoms with van der Waals surface area (Å²) in [6, 6.07) is 6.20. The zero-order valence-electron chi connectivity index (χ0n) is 11.9. The summed E-state index contributed by atoms with van der Waals surface area (Å²) in [6.45, 7) is 6.09. The van der Waals surface area contributed by atoms with E-state index in [1.807, 2.05) is 11.0 Å². The Balaban J connectivity index is 2.66. The molecule has 0 aliphatic carbocycles. The lowest BCUT2D eigenvalue weighted by molar-refractivity contribution is -0.130. The Morgan fingerprint density at radius 3 is 2.58 bits per heavy atom. The zero-order chi connectivity index (χ0) is 14.3. The van der Waals surface area contributed by atoms with Gasteiger partial charge in [0, 0.05) is 25.5 Å². The maximum Gasteiger partial charge on any atom is 0.227 e. The molecule has 0 bridgehead atoms. The Bertz CT molecular complexity index is 421. The van der Waals surface area contributed by atoms with E-state index in [-0.39, 0.29) is 5.91 Å². The lowest BCUT2D eigenvalue weighted by Crippen LogP contribution is -2.36. The number of alkyl halides is 1. The van der Waals surface area contributed by atoms with E-state index < -0.39 is 0 Å². The Labute approximate surface area is 124 Å². The van der Waals surface area contributed by atoms with Crippen molar-refractivity contribution in [1.82, 2.24) is 4.90 Å². The number of ether oxygens (including phenoxy) is 1. The van der Waals surface area contributed by atoms with E-state index in [1.165, 1.54) is 11.1 Å². The number of carbonyl (C=O) groups is 1. The largest absolute Gasteiger partial charge is 0.383 e. The molecule has 0 aliphatic heterocycles. The molecule has 106 valence electrons. The summed E-state index contributed by atoms with van der Waals surface area (Å²) in [7, 11) is 1.65. The van der Waals surface area contributed by atoms with Crippen LogP contribution in [0, 0.1) is 13.8 Å². The second-order valence-corrected chi connectivity index (χ2v) is 5.45. The molecule has 4 heteroatoms.